The molecule has 154 valence electrons. The zero-order valence-corrected chi connectivity index (χ0v) is 17.0. The first-order valence-corrected chi connectivity index (χ1v) is 9.87. The predicted octanol–water partition coefficient (Wildman–Crippen LogP) is 3.43. The van der Waals surface area contributed by atoms with Gasteiger partial charge < -0.3 is 14.8 Å². The molecule has 7 heteroatoms. The van der Waals surface area contributed by atoms with Crippen molar-refractivity contribution < 1.29 is 19.1 Å². The molecule has 0 spiro atoms. The monoisotopic (exact) mass is 389 g/mol. The summed E-state index contributed by atoms with van der Waals surface area (Å²) in [5.41, 5.74) is 3.40. The van der Waals surface area contributed by atoms with Gasteiger partial charge in [-0.05, 0) is 31.9 Å². The highest BCUT2D eigenvalue weighted by Crippen LogP contribution is 2.22. The highest BCUT2D eigenvalue weighted by atomic mass is 16.5. The summed E-state index contributed by atoms with van der Waals surface area (Å²) in [4.78, 5) is 24.6. The average Bonchev–Trinajstić information content (AvgIpc) is 2.67. The molecule has 0 aromatic heterocycles. The van der Waals surface area contributed by atoms with Gasteiger partial charge in [0.1, 0.15) is 11.5 Å². The van der Waals surface area contributed by atoms with E-state index in [1.165, 1.54) is 33.5 Å². The molecule has 0 heterocycles. The molecule has 1 aliphatic rings. The van der Waals surface area contributed by atoms with E-state index in [-0.39, 0.29) is 18.4 Å². The fraction of sp³-hybridized carbons (Fsp3) is 0.571. The molecule has 0 atom stereocenters. The van der Waals surface area contributed by atoms with Crippen molar-refractivity contribution in [1.82, 2.24) is 10.7 Å². The van der Waals surface area contributed by atoms with Gasteiger partial charge in [0.15, 0.2) is 0 Å². The van der Waals surface area contributed by atoms with Crippen LogP contribution in [0.15, 0.2) is 23.3 Å². The Hall–Kier alpha value is -2.57. The molecule has 2 N–H and O–H groups in total. The van der Waals surface area contributed by atoms with E-state index in [0.29, 0.717) is 22.8 Å². The largest absolute Gasteiger partial charge is 0.497 e. The number of hydrazone groups is 1. The van der Waals surface area contributed by atoms with Gasteiger partial charge in [-0.1, -0.05) is 32.1 Å². The van der Waals surface area contributed by atoms with Crippen LogP contribution in [0.2, 0.25) is 0 Å². The Balaban J connectivity index is 1.87. The summed E-state index contributed by atoms with van der Waals surface area (Å²) < 4.78 is 10.3. The van der Waals surface area contributed by atoms with E-state index in [1.807, 2.05) is 0 Å². The second-order valence-electron chi connectivity index (χ2n) is 7.18. The Labute approximate surface area is 166 Å². The maximum Gasteiger partial charge on any atom is 0.271 e. The zero-order chi connectivity index (χ0) is 20.4. The zero-order valence-electron chi connectivity index (χ0n) is 17.0. The van der Waals surface area contributed by atoms with E-state index in [4.69, 9.17) is 9.47 Å². The van der Waals surface area contributed by atoms with Crippen LogP contribution in [0.3, 0.4) is 0 Å². The number of benzene rings is 1. The van der Waals surface area contributed by atoms with Crippen LogP contribution in [0.1, 0.15) is 68.6 Å². The summed E-state index contributed by atoms with van der Waals surface area (Å²) in [6.45, 7) is 1.73. The fourth-order valence-electron chi connectivity index (χ4n) is 3.30. The van der Waals surface area contributed by atoms with E-state index in [1.54, 1.807) is 25.1 Å². The minimum atomic E-state index is -0.392. The molecule has 2 rings (SSSR count). The Kier molecular flexibility index (Phi) is 8.78. The third-order valence-corrected chi connectivity index (χ3v) is 4.85. The molecule has 28 heavy (non-hydrogen) atoms. The summed E-state index contributed by atoms with van der Waals surface area (Å²) >= 11 is 0. The predicted molar refractivity (Wildman–Crippen MR) is 109 cm³/mol. The van der Waals surface area contributed by atoms with Gasteiger partial charge in [-0.2, -0.15) is 5.10 Å². The first-order valence-electron chi connectivity index (χ1n) is 9.87. The summed E-state index contributed by atoms with van der Waals surface area (Å²) in [7, 11) is 3.04. The van der Waals surface area contributed by atoms with E-state index < -0.39 is 5.91 Å². The smallest absolute Gasteiger partial charge is 0.271 e. The third kappa shape index (κ3) is 7.21. The molecule has 0 aliphatic heterocycles. The minimum absolute atomic E-state index is 0.0517. The van der Waals surface area contributed by atoms with Gasteiger partial charge in [0.25, 0.3) is 5.91 Å². The molecule has 0 bridgehead atoms. The van der Waals surface area contributed by atoms with E-state index >= 15 is 0 Å². The minimum Gasteiger partial charge on any atom is -0.497 e. The van der Waals surface area contributed by atoms with E-state index in [9.17, 15) is 9.59 Å². The molecule has 1 saturated carbocycles. The lowest BCUT2D eigenvalue weighted by Gasteiger charge is -2.21. The number of ether oxygens (including phenoxy) is 2. The summed E-state index contributed by atoms with van der Waals surface area (Å²) in [5.74, 6) is 0.591. The molecular formula is C21H31N3O4. The Bertz CT molecular complexity index is 673. The van der Waals surface area contributed by atoms with Crippen LogP contribution in [0.25, 0.3) is 0 Å². The van der Waals surface area contributed by atoms with Crippen LogP contribution in [0.5, 0.6) is 11.5 Å². The van der Waals surface area contributed by atoms with Gasteiger partial charge in [-0.3, -0.25) is 9.59 Å². The summed E-state index contributed by atoms with van der Waals surface area (Å²) in [6.07, 6.45) is 8.36. The van der Waals surface area contributed by atoms with Crippen molar-refractivity contribution in [2.45, 2.75) is 64.3 Å². The maximum absolute atomic E-state index is 12.3. The number of carbonyl (C=O) groups is 2. The molecule has 0 saturated heterocycles. The lowest BCUT2D eigenvalue weighted by Crippen LogP contribution is -2.36. The van der Waals surface area contributed by atoms with Crippen LogP contribution < -0.4 is 20.2 Å². The van der Waals surface area contributed by atoms with Crippen LogP contribution in [-0.4, -0.2) is 37.8 Å². The molecule has 1 fully saturated rings. The van der Waals surface area contributed by atoms with Crippen molar-refractivity contribution >= 4 is 17.5 Å². The lowest BCUT2D eigenvalue weighted by atomic mass is 9.96. The van der Waals surface area contributed by atoms with Gasteiger partial charge in [-0.15, -0.1) is 0 Å². The average molecular weight is 389 g/mol. The molecule has 1 aliphatic carbocycles. The second kappa shape index (κ2) is 11.3. The molecule has 1 aromatic rings. The molecular weight excluding hydrogens is 358 g/mol. The SMILES string of the molecule is COc1cc(OC)cc(C(=O)N/N=C(/C)CC(=O)NC2CCCCCCC2)c1. The summed E-state index contributed by atoms with van der Waals surface area (Å²) in [5, 5.41) is 7.15. The highest BCUT2D eigenvalue weighted by Gasteiger charge is 2.15. The standard InChI is InChI=1S/C21H31N3O4/c1-15(11-20(25)22-17-9-7-5-4-6-8-10-17)23-24-21(26)16-12-18(27-2)14-19(13-16)28-3/h12-14,17H,4-11H2,1-3H3,(H,22,25)(H,24,26)/b23-15-. The summed E-state index contributed by atoms with van der Waals surface area (Å²) in [6, 6.07) is 5.14. The van der Waals surface area contributed by atoms with Crippen LogP contribution in [-0.2, 0) is 4.79 Å². The van der Waals surface area contributed by atoms with Gasteiger partial charge >= 0.3 is 0 Å². The number of amides is 2. The lowest BCUT2D eigenvalue weighted by molar-refractivity contribution is -0.120. The molecule has 2 amide bonds. The highest BCUT2D eigenvalue weighted by molar-refractivity contribution is 6.01. The van der Waals surface area contributed by atoms with Crippen molar-refractivity contribution in [2.75, 3.05) is 14.2 Å². The van der Waals surface area contributed by atoms with Crippen LogP contribution >= 0.6 is 0 Å². The molecule has 1 aromatic carbocycles. The van der Waals surface area contributed by atoms with Crippen molar-refractivity contribution in [3.05, 3.63) is 23.8 Å². The number of hydrogen-bond acceptors (Lipinski definition) is 5. The quantitative estimate of drug-likeness (QED) is 0.552. The Morgan fingerprint density at radius 2 is 1.57 bits per heavy atom. The Morgan fingerprint density at radius 1 is 1.00 bits per heavy atom. The molecule has 7 nitrogen and oxygen atoms in total. The van der Waals surface area contributed by atoms with Gasteiger partial charge in [0, 0.05) is 23.4 Å². The first-order chi connectivity index (χ1) is 13.5. The number of hydrogen-bond donors (Lipinski definition) is 2. The van der Waals surface area contributed by atoms with Crippen molar-refractivity contribution in [2.24, 2.45) is 5.10 Å². The van der Waals surface area contributed by atoms with Crippen LogP contribution in [0.4, 0.5) is 0 Å². The van der Waals surface area contributed by atoms with Crippen LogP contribution in [0, 0.1) is 0 Å². The third-order valence-electron chi connectivity index (χ3n) is 4.85. The normalized spacial score (nSPS) is 15.9. The molecule has 0 unspecified atom stereocenters. The topological polar surface area (TPSA) is 89.0 Å². The number of nitrogens with one attached hydrogen (secondary N) is 2. The molecule has 0 radical (unpaired) electrons. The Morgan fingerprint density at radius 3 is 2.14 bits per heavy atom. The van der Waals surface area contributed by atoms with Gasteiger partial charge in [0.05, 0.1) is 20.6 Å². The van der Waals surface area contributed by atoms with Crippen molar-refractivity contribution in [3.63, 3.8) is 0 Å². The van der Waals surface area contributed by atoms with E-state index in [2.05, 4.69) is 15.8 Å². The number of methoxy groups -OCH3 is 2. The number of rotatable bonds is 7. The van der Waals surface area contributed by atoms with Gasteiger partial charge in [-0.25, -0.2) is 5.43 Å². The first kappa shape index (κ1) is 21.7. The van der Waals surface area contributed by atoms with Gasteiger partial charge in [0.2, 0.25) is 5.91 Å². The number of carbonyl (C=O) groups excluding carboxylic acids is 2. The van der Waals surface area contributed by atoms with E-state index in [0.717, 1.165) is 25.7 Å². The second-order valence-corrected chi connectivity index (χ2v) is 7.18. The number of nitrogens with zero attached hydrogens (tertiary/aromatic N) is 1. The fourth-order valence-corrected chi connectivity index (χ4v) is 3.30. The van der Waals surface area contributed by atoms with Crippen molar-refractivity contribution in [1.29, 1.82) is 0 Å². The maximum atomic E-state index is 12.3. The van der Waals surface area contributed by atoms with Crippen molar-refractivity contribution in [3.8, 4) is 11.5 Å².